The first-order valence-corrected chi connectivity index (χ1v) is 7.78. The largest absolute Gasteiger partial charge is 0.455 e. The van der Waals surface area contributed by atoms with E-state index in [9.17, 15) is 14.9 Å². The Hall–Kier alpha value is -3.74. The Kier molecular flexibility index (Phi) is 4.89. The number of hydrogen-bond donors (Lipinski definition) is 1. The van der Waals surface area contributed by atoms with Gasteiger partial charge in [-0.25, -0.2) is 5.43 Å². The zero-order valence-electron chi connectivity index (χ0n) is 13.9. The lowest BCUT2D eigenvalue weighted by molar-refractivity contribution is -0.384. The van der Waals surface area contributed by atoms with Gasteiger partial charge in [0.05, 0.1) is 11.1 Å². The maximum Gasteiger partial charge on any atom is 0.271 e. The molecule has 130 valence electrons. The van der Waals surface area contributed by atoms with Gasteiger partial charge in [0.2, 0.25) is 0 Å². The molecular weight excluding hydrogens is 334 g/mol. The summed E-state index contributed by atoms with van der Waals surface area (Å²) in [6.07, 6.45) is 1.37. The SMILES string of the molecule is Cc1ccc([N+](=O)[O-])cc1-c1ccc(/C=N/NC(=O)c2ccccc2)o1. The minimum absolute atomic E-state index is 0.00709. The van der Waals surface area contributed by atoms with Gasteiger partial charge in [-0.05, 0) is 36.8 Å². The summed E-state index contributed by atoms with van der Waals surface area (Å²) in [7, 11) is 0. The second kappa shape index (κ2) is 7.43. The van der Waals surface area contributed by atoms with Gasteiger partial charge in [-0.3, -0.25) is 14.9 Å². The topological polar surface area (TPSA) is 97.7 Å². The van der Waals surface area contributed by atoms with Crippen molar-refractivity contribution in [1.29, 1.82) is 0 Å². The number of furan rings is 1. The minimum atomic E-state index is -0.451. The summed E-state index contributed by atoms with van der Waals surface area (Å²) in [5.74, 6) is 0.574. The molecule has 0 aliphatic rings. The van der Waals surface area contributed by atoms with E-state index < -0.39 is 4.92 Å². The number of carbonyl (C=O) groups is 1. The second-order valence-electron chi connectivity index (χ2n) is 5.52. The van der Waals surface area contributed by atoms with E-state index in [0.717, 1.165) is 5.56 Å². The number of nitro benzene ring substituents is 1. The molecule has 3 aromatic rings. The summed E-state index contributed by atoms with van der Waals surface area (Å²) in [6, 6.07) is 16.7. The van der Waals surface area contributed by atoms with E-state index in [1.807, 2.05) is 13.0 Å². The van der Waals surface area contributed by atoms with Crippen molar-refractivity contribution in [3.63, 3.8) is 0 Å². The number of amides is 1. The van der Waals surface area contributed by atoms with Crippen molar-refractivity contribution in [3.05, 3.63) is 87.7 Å². The second-order valence-corrected chi connectivity index (χ2v) is 5.52. The van der Waals surface area contributed by atoms with Crippen LogP contribution in [-0.2, 0) is 0 Å². The van der Waals surface area contributed by atoms with Crippen LogP contribution in [0.1, 0.15) is 21.7 Å². The maximum atomic E-state index is 11.9. The van der Waals surface area contributed by atoms with Crippen LogP contribution in [0.15, 0.2) is 70.2 Å². The lowest BCUT2D eigenvalue weighted by Crippen LogP contribution is -2.17. The standard InChI is InChI=1S/C19H15N3O4/c1-13-7-8-15(22(24)25)11-17(13)18-10-9-16(26-18)12-20-21-19(23)14-5-3-2-4-6-14/h2-12H,1H3,(H,21,23)/b20-12+. The molecule has 7 nitrogen and oxygen atoms in total. The Morgan fingerprint density at radius 3 is 2.65 bits per heavy atom. The fourth-order valence-corrected chi connectivity index (χ4v) is 2.36. The molecule has 0 unspecified atom stereocenters. The Labute approximate surface area is 149 Å². The molecule has 0 fully saturated rings. The van der Waals surface area contributed by atoms with E-state index in [4.69, 9.17) is 4.42 Å². The van der Waals surface area contributed by atoms with Crippen LogP contribution in [0.5, 0.6) is 0 Å². The quantitative estimate of drug-likeness (QED) is 0.429. The Morgan fingerprint density at radius 1 is 1.15 bits per heavy atom. The van der Waals surface area contributed by atoms with Crippen molar-refractivity contribution >= 4 is 17.8 Å². The zero-order valence-corrected chi connectivity index (χ0v) is 13.9. The van der Waals surface area contributed by atoms with Crippen molar-refractivity contribution in [3.8, 4) is 11.3 Å². The summed E-state index contributed by atoms with van der Waals surface area (Å²) in [4.78, 5) is 22.4. The smallest absolute Gasteiger partial charge is 0.271 e. The molecule has 7 heteroatoms. The number of nitro groups is 1. The zero-order chi connectivity index (χ0) is 18.5. The van der Waals surface area contributed by atoms with Gasteiger partial charge in [0, 0.05) is 23.3 Å². The fourth-order valence-electron chi connectivity index (χ4n) is 2.36. The highest BCUT2D eigenvalue weighted by Gasteiger charge is 2.13. The van der Waals surface area contributed by atoms with Crippen molar-refractivity contribution in [1.82, 2.24) is 5.43 Å². The van der Waals surface area contributed by atoms with Crippen LogP contribution in [0, 0.1) is 17.0 Å². The molecule has 0 atom stereocenters. The van der Waals surface area contributed by atoms with E-state index in [2.05, 4.69) is 10.5 Å². The predicted octanol–water partition coefficient (Wildman–Crippen LogP) is 3.93. The van der Waals surface area contributed by atoms with Crippen LogP contribution in [0.2, 0.25) is 0 Å². The average Bonchev–Trinajstić information content (AvgIpc) is 3.11. The number of aryl methyl sites for hydroxylation is 1. The summed E-state index contributed by atoms with van der Waals surface area (Å²) in [5.41, 5.74) is 4.39. The first kappa shape index (κ1) is 17.1. The monoisotopic (exact) mass is 349 g/mol. The van der Waals surface area contributed by atoms with Gasteiger partial charge >= 0.3 is 0 Å². The van der Waals surface area contributed by atoms with Crippen LogP contribution in [0.25, 0.3) is 11.3 Å². The van der Waals surface area contributed by atoms with Crippen LogP contribution >= 0.6 is 0 Å². The van der Waals surface area contributed by atoms with E-state index in [0.29, 0.717) is 22.6 Å². The molecule has 0 radical (unpaired) electrons. The number of hydrogen-bond acceptors (Lipinski definition) is 5. The number of nitrogens with zero attached hydrogens (tertiary/aromatic N) is 2. The number of nitrogens with one attached hydrogen (secondary N) is 1. The average molecular weight is 349 g/mol. The van der Waals surface area contributed by atoms with Crippen molar-refractivity contribution in [2.75, 3.05) is 0 Å². The number of hydrazone groups is 1. The third kappa shape index (κ3) is 3.84. The van der Waals surface area contributed by atoms with E-state index >= 15 is 0 Å². The molecule has 0 aliphatic carbocycles. The van der Waals surface area contributed by atoms with E-state index in [1.54, 1.807) is 42.5 Å². The lowest BCUT2D eigenvalue weighted by Gasteiger charge is -2.02. The molecule has 0 spiro atoms. The summed E-state index contributed by atoms with van der Waals surface area (Å²) in [6.45, 7) is 1.84. The van der Waals surface area contributed by atoms with Crippen molar-refractivity contribution in [2.24, 2.45) is 5.10 Å². The van der Waals surface area contributed by atoms with Crippen molar-refractivity contribution in [2.45, 2.75) is 6.92 Å². The molecule has 0 aliphatic heterocycles. The summed E-state index contributed by atoms with van der Waals surface area (Å²) >= 11 is 0. The van der Waals surface area contributed by atoms with Gasteiger partial charge in [-0.2, -0.15) is 5.10 Å². The highest BCUT2D eigenvalue weighted by Crippen LogP contribution is 2.28. The number of non-ortho nitro benzene ring substituents is 1. The molecule has 2 aromatic carbocycles. The normalized spacial score (nSPS) is 10.8. The third-order valence-corrected chi connectivity index (χ3v) is 3.72. The summed E-state index contributed by atoms with van der Waals surface area (Å²) in [5, 5.41) is 14.8. The molecule has 1 heterocycles. The van der Waals surface area contributed by atoms with Gasteiger partial charge in [0.1, 0.15) is 11.5 Å². The number of rotatable bonds is 5. The minimum Gasteiger partial charge on any atom is -0.455 e. The Bertz CT molecular complexity index is 977. The van der Waals surface area contributed by atoms with E-state index in [1.165, 1.54) is 18.3 Å². The number of benzene rings is 2. The molecule has 1 amide bonds. The predicted molar refractivity (Wildman–Crippen MR) is 97.0 cm³/mol. The molecule has 0 saturated heterocycles. The Balaban J connectivity index is 1.73. The highest BCUT2D eigenvalue weighted by molar-refractivity contribution is 5.94. The maximum absolute atomic E-state index is 11.9. The molecular formula is C19H15N3O4. The molecule has 1 N–H and O–H groups in total. The van der Waals surface area contributed by atoms with Gasteiger partial charge < -0.3 is 4.42 Å². The van der Waals surface area contributed by atoms with Crippen LogP contribution in [0.4, 0.5) is 5.69 Å². The summed E-state index contributed by atoms with van der Waals surface area (Å²) < 4.78 is 5.65. The van der Waals surface area contributed by atoms with Crippen molar-refractivity contribution < 1.29 is 14.1 Å². The van der Waals surface area contributed by atoms with Gasteiger partial charge in [0.25, 0.3) is 11.6 Å². The Morgan fingerprint density at radius 2 is 1.92 bits per heavy atom. The van der Waals surface area contributed by atoms with Crippen LogP contribution in [-0.4, -0.2) is 17.0 Å². The van der Waals surface area contributed by atoms with Crippen LogP contribution in [0.3, 0.4) is 0 Å². The molecule has 26 heavy (non-hydrogen) atoms. The molecule has 0 bridgehead atoms. The number of carbonyl (C=O) groups excluding carboxylic acids is 1. The van der Waals surface area contributed by atoms with Crippen LogP contribution < -0.4 is 5.43 Å². The third-order valence-electron chi connectivity index (χ3n) is 3.72. The first-order valence-electron chi connectivity index (χ1n) is 7.78. The molecule has 1 aromatic heterocycles. The van der Waals surface area contributed by atoms with Gasteiger partial charge in [-0.1, -0.05) is 24.3 Å². The highest BCUT2D eigenvalue weighted by atomic mass is 16.6. The van der Waals surface area contributed by atoms with Gasteiger partial charge in [-0.15, -0.1) is 0 Å². The van der Waals surface area contributed by atoms with Gasteiger partial charge in [0.15, 0.2) is 0 Å². The van der Waals surface area contributed by atoms with E-state index in [-0.39, 0.29) is 11.6 Å². The molecule has 0 saturated carbocycles. The fraction of sp³-hybridized carbons (Fsp3) is 0.0526. The first-order chi connectivity index (χ1) is 12.5. The lowest BCUT2D eigenvalue weighted by atomic mass is 10.1. The molecule has 3 rings (SSSR count).